The molecule has 12 fully saturated rings. The van der Waals surface area contributed by atoms with Crippen LogP contribution in [0.2, 0.25) is 0 Å². The van der Waals surface area contributed by atoms with Gasteiger partial charge in [-0.3, -0.25) is 0 Å². The van der Waals surface area contributed by atoms with Gasteiger partial charge in [-0.15, -0.1) is 0 Å². The summed E-state index contributed by atoms with van der Waals surface area (Å²) in [4.78, 5) is 7.56. The number of para-hydroxylation sites is 2. The van der Waals surface area contributed by atoms with Crippen molar-refractivity contribution < 1.29 is 0 Å². The van der Waals surface area contributed by atoms with Crippen LogP contribution in [0.5, 0.6) is 0 Å². The predicted molar refractivity (Wildman–Crippen MR) is 589 cm³/mol. The third kappa shape index (κ3) is 11.9. The van der Waals surface area contributed by atoms with E-state index in [9.17, 15) is 0 Å². The van der Waals surface area contributed by atoms with Gasteiger partial charge >= 0.3 is 0 Å². The van der Waals surface area contributed by atoms with Crippen molar-refractivity contribution in [1.82, 2.24) is 0 Å². The lowest BCUT2D eigenvalue weighted by Crippen LogP contribution is -2.55. The van der Waals surface area contributed by atoms with Crippen molar-refractivity contribution in [1.29, 1.82) is 0 Å². The Kier molecular flexibility index (Phi) is 18.3. The Hall–Kier alpha value is -13.6. The highest BCUT2D eigenvalue weighted by Crippen LogP contribution is 2.74. The summed E-state index contributed by atoms with van der Waals surface area (Å²) in [5.41, 5.74) is 49.1. The van der Waals surface area contributed by atoms with Crippen LogP contribution in [0.15, 0.2) is 382 Å². The maximum absolute atomic E-state index is 2.57. The number of hydrogen-bond acceptors (Lipinski definition) is 3. The van der Waals surface area contributed by atoms with Gasteiger partial charge in [0.15, 0.2) is 0 Å². The van der Waals surface area contributed by atoms with Gasteiger partial charge in [0, 0.05) is 83.6 Å². The Labute approximate surface area is 838 Å². The average Bonchev–Trinajstić information content (AvgIpc) is 1.50. The molecule has 17 aromatic rings. The largest absolute Gasteiger partial charge is 0.310 e. The van der Waals surface area contributed by atoms with Gasteiger partial charge in [0.1, 0.15) is 0 Å². The van der Waals surface area contributed by atoms with E-state index in [4.69, 9.17) is 0 Å². The Morgan fingerprint density at radius 2 is 0.408 bits per heavy atom. The Balaban J connectivity index is 0.0000000998. The molecule has 12 bridgehead atoms. The van der Waals surface area contributed by atoms with Gasteiger partial charge in [-0.2, -0.15) is 0 Å². The van der Waals surface area contributed by atoms with Crippen molar-refractivity contribution in [3.63, 3.8) is 0 Å². The summed E-state index contributed by atoms with van der Waals surface area (Å²) in [6.07, 6.45) is 21.4. The topological polar surface area (TPSA) is 9.72 Å². The van der Waals surface area contributed by atoms with Crippen LogP contribution >= 0.6 is 0 Å². The van der Waals surface area contributed by atoms with E-state index >= 15 is 0 Å². The van der Waals surface area contributed by atoms with Gasteiger partial charge < -0.3 is 14.7 Å². The summed E-state index contributed by atoms with van der Waals surface area (Å²) >= 11 is 0. The predicted octanol–water partition coefficient (Wildman–Crippen LogP) is 36.4. The molecule has 0 atom stereocenters. The van der Waals surface area contributed by atoms with Crippen LogP contribution < -0.4 is 14.7 Å². The molecule has 0 aromatic heterocycles. The lowest BCUT2D eigenvalue weighted by Gasteiger charge is -2.61. The molecule has 3 nitrogen and oxygen atoms in total. The van der Waals surface area contributed by atoms with Crippen molar-refractivity contribution in [2.75, 3.05) is 14.7 Å². The third-order valence-electron chi connectivity index (χ3n) is 40.1. The van der Waals surface area contributed by atoms with Crippen molar-refractivity contribution in [2.45, 2.75) is 170 Å². The van der Waals surface area contributed by atoms with Gasteiger partial charge in [0.25, 0.3) is 0 Å². The van der Waals surface area contributed by atoms with Crippen LogP contribution in [0.4, 0.5) is 51.2 Å². The smallest absolute Gasteiger partial charge is 0.0540 e. The zero-order valence-corrected chi connectivity index (χ0v) is 82.7. The van der Waals surface area contributed by atoms with E-state index in [1.165, 1.54) is 270 Å². The lowest BCUT2D eigenvalue weighted by molar-refractivity contribution is -0.0399. The Bertz CT molecular complexity index is 8010. The number of fused-ring (bicyclic) bond motifs is 19. The second-order valence-corrected chi connectivity index (χ2v) is 47.8. The van der Waals surface area contributed by atoms with Crippen molar-refractivity contribution in [2.24, 2.45) is 71.0 Å². The van der Waals surface area contributed by atoms with Crippen molar-refractivity contribution in [3.05, 3.63) is 449 Å². The molecule has 18 aliphatic carbocycles. The summed E-state index contributed by atoms with van der Waals surface area (Å²) in [6, 6.07) is 146. The Morgan fingerprint density at radius 3 is 0.782 bits per heavy atom. The monoisotopic (exact) mass is 1830 g/mol. The highest BCUT2D eigenvalue weighted by molar-refractivity contribution is 5.98. The number of benzene rings is 17. The highest BCUT2D eigenvalue weighted by atomic mass is 15.2. The van der Waals surface area contributed by atoms with Crippen molar-refractivity contribution in [3.8, 4) is 77.9 Å². The van der Waals surface area contributed by atoms with Gasteiger partial charge in [0.05, 0.1) is 5.69 Å². The molecule has 3 heteroatoms. The van der Waals surface area contributed by atoms with Crippen molar-refractivity contribution >= 4 is 62.0 Å². The molecule has 3 spiro atoms. The van der Waals surface area contributed by atoms with Crippen LogP contribution in [-0.2, 0) is 32.5 Å². The molecule has 0 radical (unpaired) electrons. The minimum atomic E-state index is -0.0741. The summed E-state index contributed by atoms with van der Waals surface area (Å²) in [5.74, 6) is 10.4. The first-order valence-corrected chi connectivity index (χ1v) is 54.1. The van der Waals surface area contributed by atoms with Crippen LogP contribution in [0.25, 0.3) is 88.7 Å². The molecule has 18 aliphatic rings. The van der Waals surface area contributed by atoms with Gasteiger partial charge in [-0.25, -0.2) is 0 Å². The first kappa shape index (κ1) is 84.1. The summed E-state index contributed by atoms with van der Waals surface area (Å²) in [5, 5.41) is 2.55. The molecule has 35 rings (SSSR count). The fraction of sp³-hybridized carbons (Fsp3) is 0.281. The average molecular weight is 1840 g/mol. The summed E-state index contributed by atoms with van der Waals surface area (Å²) in [6.45, 7) is 14.3. The standard InChI is InChI=1S/C49H43N.C47H41N.C43H39N/c1-48(2)43-17-9-6-15-39(43)41-22-20-37(30-46(41)48)50(47-19-11-8-14-38(47)33-12-4-3-5-13-33)36-21-23-45-42(29-36)40-16-7-10-18-44(40)49(45)34-25-31-24-32(27-34)28-35(49)26-31;1-46(2)42-13-7-5-11-38(42)40-19-17-37(28-45(40)46)48(35-16-15-31-9-3-4-10-32(31)26-35)36-18-20-44-41(27-36)39-12-6-8-14-43(39)47(44)33-22-29-21-30(24-33)25-34(47)23-29;1-42(2)38-14-8-6-12-34(38)36-18-16-33(26-41(36)42)44(31-10-4-3-5-11-31)32-17-19-40-37(25-32)35-13-7-9-15-39(35)43(40)29-21-27-20-28(23-29)24-30(43)22-27/h3-23,29-32,34-35H,24-28H2,1-2H3;3-20,26-30,33-34H,21-25H2,1-2H3;3-19,25-30H,20-24H2,1-2H3. The zero-order valence-electron chi connectivity index (χ0n) is 82.7. The quantitative estimate of drug-likeness (QED) is 0.135. The van der Waals surface area contributed by atoms with Crippen LogP contribution in [-0.4, -0.2) is 0 Å². The number of nitrogens with zero attached hydrogens (tertiary/aromatic N) is 3. The molecule has 0 N–H and O–H groups in total. The van der Waals surface area contributed by atoms with E-state index in [1.807, 2.05) is 0 Å². The van der Waals surface area contributed by atoms with E-state index in [1.54, 1.807) is 33.4 Å². The third-order valence-corrected chi connectivity index (χ3v) is 40.1. The molecule has 0 unspecified atom stereocenters. The molecule has 0 amide bonds. The van der Waals surface area contributed by atoms with Gasteiger partial charge in [-0.1, -0.05) is 321 Å². The highest BCUT2D eigenvalue weighted by Gasteiger charge is 2.65. The number of hydrogen-bond donors (Lipinski definition) is 0. The first-order valence-electron chi connectivity index (χ1n) is 54.1. The molecular formula is C139H123N3. The lowest BCUT2D eigenvalue weighted by atomic mass is 9.43. The van der Waals surface area contributed by atoms with Crippen LogP contribution in [0, 0.1) is 71.0 Å². The molecule has 12 saturated carbocycles. The minimum Gasteiger partial charge on any atom is -0.310 e. The van der Waals surface area contributed by atoms with Gasteiger partial charge in [-0.05, 0) is 420 Å². The second-order valence-electron chi connectivity index (χ2n) is 47.8. The zero-order chi connectivity index (χ0) is 94.2. The molecule has 694 valence electrons. The molecule has 142 heavy (non-hydrogen) atoms. The molecule has 0 heterocycles. The maximum atomic E-state index is 2.57. The van der Waals surface area contributed by atoms with E-state index < -0.39 is 0 Å². The molecular weight excluding hydrogens is 1710 g/mol. The molecule has 0 saturated heterocycles. The van der Waals surface area contributed by atoms with E-state index in [0.29, 0.717) is 0 Å². The number of rotatable bonds is 10. The van der Waals surface area contributed by atoms with E-state index in [2.05, 4.69) is 438 Å². The summed E-state index contributed by atoms with van der Waals surface area (Å²) < 4.78 is 0. The summed E-state index contributed by atoms with van der Waals surface area (Å²) in [7, 11) is 0. The normalized spacial score (nSPS) is 26.5. The number of anilines is 9. The SMILES string of the molecule is CC1(C)c2ccccc2-c2ccc(N(c3ccc4c(c3)-c3ccccc3C43C4CC5CC(C4)CC3C5)c3ccc4ccccc4c3)cc21.CC1(C)c2ccccc2-c2ccc(N(c3ccc4c(c3)-c3ccccc3C43C4CC5CC(C4)CC3C5)c3ccccc3-c3ccccc3)cc21.CC1(C)c2ccccc2-c2ccc(N(c3ccccc3)c3ccc4c(c3)-c3ccccc3C43C4CC5CC(C4)CC3C5)cc21. The second kappa shape index (κ2) is 31.0. The fourth-order valence-electron chi connectivity index (χ4n) is 35.1. The molecule has 17 aromatic carbocycles. The molecule has 0 aliphatic heterocycles. The Morgan fingerprint density at radius 1 is 0.162 bits per heavy atom. The van der Waals surface area contributed by atoms with E-state index in [0.717, 1.165) is 71.0 Å². The van der Waals surface area contributed by atoms with Crippen LogP contribution in [0.1, 0.15) is 205 Å². The fourth-order valence-corrected chi connectivity index (χ4v) is 35.1. The minimum absolute atomic E-state index is 0.0347. The van der Waals surface area contributed by atoms with Gasteiger partial charge in [0.2, 0.25) is 0 Å². The maximum Gasteiger partial charge on any atom is 0.0540 e. The van der Waals surface area contributed by atoms with E-state index in [-0.39, 0.29) is 32.5 Å². The van der Waals surface area contributed by atoms with Crippen LogP contribution in [0.3, 0.4) is 0 Å². The first-order chi connectivity index (χ1) is 69.5.